The Bertz CT molecular complexity index is 968. The molecule has 31 heavy (non-hydrogen) atoms. The number of likely N-dealkylation sites (tertiary alicyclic amines) is 1. The molecule has 2 N–H and O–H groups in total. The number of carbonyl (C=O) groups is 2. The summed E-state index contributed by atoms with van der Waals surface area (Å²) in [4.78, 5) is 34.6. The fraction of sp³-hybridized carbons (Fsp3) is 0.429. The highest BCUT2D eigenvalue weighted by atomic mass is 35.5. The number of nitrogens with zero attached hydrogens (tertiary/aromatic N) is 3. The number of piperidine rings is 1. The Kier molecular flexibility index (Phi) is 7.27. The summed E-state index contributed by atoms with van der Waals surface area (Å²) in [6.07, 6.45) is -1.47. The van der Waals surface area contributed by atoms with E-state index in [1.165, 1.54) is 18.5 Å². The third-order valence-corrected chi connectivity index (χ3v) is 5.59. The van der Waals surface area contributed by atoms with Gasteiger partial charge in [-0.15, -0.1) is 0 Å². The zero-order valence-electron chi connectivity index (χ0n) is 16.7. The molecular weight excluding hydrogens is 433 g/mol. The van der Waals surface area contributed by atoms with Crippen molar-refractivity contribution in [2.75, 3.05) is 25.4 Å². The van der Waals surface area contributed by atoms with Crippen molar-refractivity contribution in [1.82, 2.24) is 14.9 Å². The van der Waals surface area contributed by atoms with Crippen molar-refractivity contribution in [3.8, 4) is 0 Å². The second kappa shape index (κ2) is 9.74. The van der Waals surface area contributed by atoms with Crippen LogP contribution in [0.5, 0.6) is 0 Å². The van der Waals surface area contributed by atoms with E-state index in [2.05, 4.69) is 9.97 Å². The minimum Gasteiger partial charge on any atom is -0.382 e. The third kappa shape index (κ3) is 6.24. The van der Waals surface area contributed by atoms with Crippen LogP contribution in [0.1, 0.15) is 40.9 Å². The minimum absolute atomic E-state index is 0.0230. The summed E-state index contributed by atoms with van der Waals surface area (Å²) >= 11 is 6.02. The average molecular weight is 455 g/mol. The number of hydrogen-bond acceptors (Lipinski definition) is 6. The molecule has 0 bridgehead atoms. The van der Waals surface area contributed by atoms with Gasteiger partial charge in [-0.2, -0.15) is 13.2 Å². The summed E-state index contributed by atoms with van der Waals surface area (Å²) in [6, 6.07) is 4.81. The summed E-state index contributed by atoms with van der Waals surface area (Å²) in [5, 5.41) is 0.0384. The summed E-state index contributed by atoms with van der Waals surface area (Å²) < 4.78 is 38.6. The van der Waals surface area contributed by atoms with E-state index >= 15 is 0 Å². The molecular formula is C21H22ClF3N4O2. The number of alkyl halides is 3. The Labute approximate surface area is 182 Å². The zero-order valence-corrected chi connectivity index (χ0v) is 17.4. The lowest BCUT2D eigenvalue weighted by Gasteiger charge is -2.32. The largest absolute Gasteiger partial charge is 0.416 e. The third-order valence-electron chi connectivity index (χ3n) is 5.21. The van der Waals surface area contributed by atoms with Crippen LogP contribution in [0.4, 0.5) is 19.0 Å². The molecule has 2 heterocycles. The van der Waals surface area contributed by atoms with Crippen LogP contribution >= 0.6 is 11.6 Å². The first-order chi connectivity index (χ1) is 14.6. The minimum atomic E-state index is -4.44. The van der Waals surface area contributed by atoms with Gasteiger partial charge in [0.1, 0.15) is 22.9 Å². The maximum absolute atomic E-state index is 12.9. The molecule has 1 aromatic carbocycles. The zero-order chi connectivity index (χ0) is 22.6. The normalized spacial score (nSPS) is 17.5. The quantitative estimate of drug-likeness (QED) is 0.639. The first-order valence-corrected chi connectivity index (χ1v) is 10.2. The topological polar surface area (TPSA) is 89.2 Å². The number of ketones is 2. The second-order valence-electron chi connectivity index (χ2n) is 7.71. The van der Waals surface area contributed by atoms with Gasteiger partial charge in [-0.1, -0.05) is 29.8 Å². The molecule has 1 aromatic heterocycles. The van der Waals surface area contributed by atoms with Crippen LogP contribution in [0.25, 0.3) is 0 Å². The summed E-state index contributed by atoms with van der Waals surface area (Å²) in [5.74, 6) is -0.334. The monoisotopic (exact) mass is 454 g/mol. The number of carbonyl (C=O) groups excluding carboxylic acids is 2. The van der Waals surface area contributed by atoms with E-state index < -0.39 is 11.7 Å². The molecule has 10 heteroatoms. The predicted octanol–water partition coefficient (Wildman–Crippen LogP) is 3.83. The molecule has 0 saturated carbocycles. The fourth-order valence-corrected chi connectivity index (χ4v) is 3.99. The van der Waals surface area contributed by atoms with Crippen LogP contribution in [0.15, 0.2) is 30.6 Å². The molecule has 1 aliphatic rings. The lowest BCUT2D eigenvalue weighted by molar-refractivity contribution is -0.137. The van der Waals surface area contributed by atoms with E-state index in [0.29, 0.717) is 18.7 Å². The fourth-order valence-electron chi connectivity index (χ4n) is 3.79. The van der Waals surface area contributed by atoms with Gasteiger partial charge in [-0.25, -0.2) is 9.97 Å². The lowest BCUT2D eigenvalue weighted by Crippen LogP contribution is -2.39. The van der Waals surface area contributed by atoms with Gasteiger partial charge in [-0.3, -0.25) is 14.5 Å². The van der Waals surface area contributed by atoms with Crippen molar-refractivity contribution in [2.24, 2.45) is 5.92 Å². The number of hydrogen-bond donors (Lipinski definition) is 1. The molecule has 0 aliphatic carbocycles. The Balaban J connectivity index is 1.55. The van der Waals surface area contributed by atoms with Crippen molar-refractivity contribution >= 4 is 29.0 Å². The highest BCUT2D eigenvalue weighted by Gasteiger charge is 2.30. The van der Waals surface area contributed by atoms with E-state index in [0.717, 1.165) is 25.0 Å². The van der Waals surface area contributed by atoms with E-state index in [4.69, 9.17) is 17.3 Å². The predicted molar refractivity (Wildman–Crippen MR) is 110 cm³/mol. The van der Waals surface area contributed by atoms with Crippen molar-refractivity contribution < 1.29 is 22.8 Å². The van der Waals surface area contributed by atoms with E-state index in [-0.39, 0.29) is 53.4 Å². The van der Waals surface area contributed by atoms with Gasteiger partial charge in [0, 0.05) is 19.4 Å². The van der Waals surface area contributed by atoms with Crippen molar-refractivity contribution in [3.05, 3.63) is 52.4 Å². The summed E-state index contributed by atoms with van der Waals surface area (Å²) in [5.41, 5.74) is 5.28. The molecule has 1 aliphatic heterocycles. The molecule has 1 saturated heterocycles. The van der Waals surface area contributed by atoms with Crippen LogP contribution in [-0.2, 0) is 17.4 Å². The smallest absolute Gasteiger partial charge is 0.382 e. The maximum atomic E-state index is 12.9. The molecule has 1 unspecified atom stereocenters. The molecule has 166 valence electrons. The summed E-state index contributed by atoms with van der Waals surface area (Å²) in [6.45, 7) is 1.36. The molecule has 3 rings (SSSR count). The van der Waals surface area contributed by atoms with Gasteiger partial charge in [0.15, 0.2) is 11.6 Å². The number of Topliss-reactive ketones (excluding diaryl/α,β-unsaturated/α-hetero) is 2. The SMILES string of the molecule is Nc1ncnc(C(=O)CC2CCCN(CC(=O)Cc3cccc(C(F)(F)F)c3)C2)c1Cl. The standard InChI is InChI=1S/C21H22ClF3N4O2/c22-18-19(27-12-28-20(18)26)17(31)9-14-4-2-6-29(10-14)11-16(30)8-13-3-1-5-15(7-13)21(23,24)25/h1,3,5,7,12,14H,2,4,6,8-11H2,(H2,26,27,28). The molecule has 1 fully saturated rings. The molecule has 0 spiro atoms. The maximum Gasteiger partial charge on any atom is 0.416 e. The molecule has 0 amide bonds. The second-order valence-corrected chi connectivity index (χ2v) is 8.08. The number of rotatable bonds is 7. The molecule has 1 atom stereocenters. The lowest BCUT2D eigenvalue weighted by atomic mass is 9.91. The van der Waals surface area contributed by atoms with Crippen LogP contribution in [0.2, 0.25) is 5.02 Å². The Hall–Kier alpha value is -2.52. The molecule has 2 aromatic rings. The van der Waals surface area contributed by atoms with Crippen molar-refractivity contribution in [2.45, 2.75) is 31.9 Å². The number of anilines is 1. The number of nitrogen functional groups attached to an aromatic ring is 1. The number of aromatic nitrogens is 2. The van der Waals surface area contributed by atoms with Crippen LogP contribution in [0.3, 0.4) is 0 Å². The van der Waals surface area contributed by atoms with Gasteiger partial charge in [-0.05, 0) is 36.9 Å². The van der Waals surface area contributed by atoms with Crippen molar-refractivity contribution in [1.29, 1.82) is 0 Å². The Morgan fingerprint density at radius 2 is 2.03 bits per heavy atom. The van der Waals surface area contributed by atoms with Crippen LogP contribution < -0.4 is 5.73 Å². The highest BCUT2D eigenvalue weighted by molar-refractivity contribution is 6.35. The van der Waals surface area contributed by atoms with E-state index in [1.807, 2.05) is 4.90 Å². The van der Waals surface area contributed by atoms with Crippen molar-refractivity contribution in [3.63, 3.8) is 0 Å². The van der Waals surface area contributed by atoms with Crippen LogP contribution in [-0.4, -0.2) is 46.1 Å². The first-order valence-electron chi connectivity index (χ1n) is 9.83. The molecule has 6 nitrogen and oxygen atoms in total. The summed E-state index contributed by atoms with van der Waals surface area (Å²) in [7, 11) is 0. The highest BCUT2D eigenvalue weighted by Crippen LogP contribution is 2.30. The van der Waals surface area contributed by atoms with Gasteiger partial charge in [0.25, 0.3) is 0 Å². The van der Waals surface area contributed by atoms with Gasteiger partial charge in [0.2, 0.25) is 0 Å². The average Bonchev–Trinajstić information content (AvgIpc) is 2.69. The number of benzene rings is 1. The number of halogens is 4. The molecule has 0 radical (unpaired) electrons. The van der Waals surface area contributed by atoms with E-state index in [9.17, 15) is 22.8 Å². The van der Waals surface area contributed by atoms with Gasteiger partial charge in [0.05, 0.1) is 12.1 Å². The van der Waals surface area contributed by atoms with E-state index in [1.54, 1.807) is 0 Å². The first kappa shape index (κ1) is 23.1. The van der Waals surface area contributed by atoms with Crippen LogP contribution in [0, 0.1) is 5.92 Å². The number of nitrogens with two attached hydrogens (primary N) is 1. The van der Waals surface area contributed by atoms with Gasteiger partial charge < -0.3 is 5.73 Å². The Morgan fingerprint density at radius 1 is 1.26 bits per heavy atom. The Morgan fingerprint density at radius 3 is 2.77 bits per heavy atom. The van der Waals surface area contributed by atoms with Gasteiger partial charge >= 0.3 is 6.18 Å².